The van der Waals surface area contributed by atoms with Gasteiger partial charge in [0, 0.05) is 25.2 Å². The van der Waals surface area contributed by atoms with Crippen LogP contribution in [0.5, 0.6) is 0 Å². The van der Waals surface area contributed by atoms with E-state index in [2.05, 4.69) is 22.1 Å². The Morgan fingerprint density at radius 2 is 1.96 bits per heavy atom. The highest BCUT2D eigenvalue weighted by molar-refractivity contribution is 6.12. The zero-order valence-corrected chi connectivity index (χ0v) is 15.2. The van der Waals surface area contributed by atoms with Crippen molar-refractivity contribution in [2.45, 2.75) is 44.7 Å². The SMILES string of the molecule is CCCCN1C(=O)[C@@]2(N=C(N)NC(N3CCCCC3)=N2)c2ccccc21. The number of aliphatic imine (C=N–C) groups is 2. The van der Waals surface area contributed by atoms with E-state index in [-0.39, 0.29) is 11.9 Å². The van der Waals surface area contributed by atoms with Gasteiger partial charge < -0.3 is 15.5 Å². The molecule has 1 aromatic rings. The van der Waals surface area contributed by atoms with E-state index in [1.54, 1.807) is 0 Å². The Labute approximate surface area is 154 Å². The third kappa shape index (κ3) is 2.62. The number of likely N-dealkylation sites (tertiary alicyclic amines) is 1. The summed E-state index contributed by atoms with van der Waals surface area (Å²) >= 11 is 0. The van der Waals surface area contributed by atoms with Crippen LogP contribution in [0.15, 0.2) is 34.3 Å². The third-order valence-electron chi connectivity index (χ3n) is 5.29. The first-order valence-corrected chi connectivity index (χ1v) is 9.54. The summed E-state index contributed by atoms with van der Waals surface area (Å²) in [6.45, 7) is 4.64. The van der Waals surface area contributed by atoms with Crippen LogP contribution in [-0.2, 0) is 10.5 Å². The number of fused-ring (bicyclic) bond motifs is 2. The predicted octanol–water partition coefficient (Wildman–Crippen LogP) is 1.75. The molecule has 0 aliphatic carbocycles. The number of benzene rings is 1. The van der Waals surface area contributed by atoms with E-state index in [1.807, 2.05) is 29.2 Å². The van der Waals surface area contributed by atoms with Crippen LogP contribution in [0.4, 0.5) is 5.69 Å². The molecule has 7 heteroatoms. The van der Waals surface area contributed by atoms with Gasteiger partial charge in [0.2, 0.25) is 5.96 Å². The topological polar surface area (TPSA) is 86.3 Å². The molecule has 0 saturated carbocycles. The maximum Gasteiger partial charge on any atom is 0.282 e. The zero-order chi connectivity index (χ0) is 18.1. The van der Waals surface area contributed by atoms with Gasteiger partial charge in [0.25, 0.3) is 11.6 Å². The van der Waals surface area contributed by atoms with Gasteiger partial charge in [-0.25, -0.2) is 9.98 Å². The van der Waals surface area contributed by atoms with Gasteiger partial charge >= 0.3 is 0 Å². The fourth-order valence-electron chi connectivity index (χ4n) is 3.95. The van der Waals surface area contributed by atoms with Gasteiger partial charge in [-0.05, 0) is 31.7 Å². The fraction of sp³-hybridized carbons (Fsp3) is 0.526. The highest BCUT2D eigenvalue weighted by Gasteiger charge is 2.53. The maximum absolute atomic E-state index is 13.4. The molecule has 3 N–H and O–H groups in total. The first-order chi connectivity index (χ1) is 12.7. The number of unbranched alkanes of at least 4 members (excludes halogenated alkanes) is 1. The van der Waals surface area contributed by atoms with E-state index in [0.717, 1.165) is 50.0 Å². The van der Waals surface area contributed by atoms with E-state index < -0.39 is 5.66 Å². The van der Waals surface area contributed by atoms with Crippen LogP contribution < -0.4 is 16.0 Å². The molecule has 4 rings (SSSR count). The van der Waals surface area contributed by atoms with Gasteiger partial charge in [0.1, 0.15) is 0 Å². The first-order valence-electron chi connectivity index (χ1n) is 9.54. The Morgan fingerprint density at radius 1 is 1.19 bits per heavy atom. The summed E-state index contributed by atoms with van der Waals surface area (Å²) in [6, 6.07) is 7.80. The van der Waals surface area contributed by atoms with Gasteiger partial charge in [0.15, 0.2) is 5.96 Å². The van der Waals surface area contributed by atoms with Crippen molar-refractivity contribution >= 4 is 23.5 Å². The van der Waals surface area contributed by atoms with E-state index in [0.29, 0.717) is 12.5 Å². The Bertz CT molecular complexity index is 767. The number of guanidine groups is 2. The number of nitrogens with two attached hydrogens (primary N) is 1. The van der Waals surface area contributed by atoms with Crippen LogP contribution in [-0.4, -0.2) is 42.4 Å². The first kappa shape index (κ1) is 16.9. The number of anilines is 1. The lowest BCUT2D eigenvalue weighted by Gasteiger charge is -2.34. The number of para-hydroxylation sites is 1. The molecule has 7 nitrogen and oxygen atoms in total. The number of nitrogens with one attached hydrogen (secondary N) is 1. The predicted molar refractivity (Wildman–Crippen MR) is 103 cm³/mol. The Balaban J connectivity index is 1.78. The molecule has 1 atom stereocenters. The normalized spacial score (nSPS) is 25.0. The maximum atomic E-state index is 13.4. The molecule has 138 valence electrons. The molecule has 0 aromatic heterocycles. The summed E-state index contributed by atoms with van der Waals surface area (Å²) in [5, 5.41) is 3.08. The lowest BCUT2D eigenvalue weighted by Crippen LogP contribution is -2.55. The summed E-state index contributed by atoms with van der Waals surface area (Å²) in [7, 11) is 0. The van der Waals surface area contributed by atoms with Gasteiger partial charge in [-0.1, -0.05) is 31.5 Å². The molecular weight excluding hydrogens is 328 g/mol. The molecule has 0 bridgehead atoms. The van der Waals surface area contributed by atoms with Crippen molar-refractivity contribution in [3.63, 3.8) is 0 Å². The highest BCUT2D eigenvalue weighted by atomic mass is 16.2. The second kappa shape index (κ2) is 6.63. The van der Waals surface area contributed by atoms with Crippen LogP contribution in [0.2, 0.25) is 0 Å². The number of amides is 1. The van der Waals surface area contributed by atoms with Gasteiger partial charge in [-0.3, -0.25) is 10.1 Å². The lowest BCUT2D eigenvalue weighted by atomic mass is 10.0. The number of carbonyl (C=O) groups is 1. The van der Waals surface area contributed by atoms with Crippen molar-refractivity contribution < 1.29 is 4.79 Å². The van der Waals surface area contributed by atoms with Crippen molar-refractivity contribution in [3.8, 4) is 0 Å². The molecule has 1 spiro atoms. The summed E-state index contributed by atoms with van der Waals surface area (Å²) in [6.07, 6.45) is 5.44. The molecule has 3 aliphatic rings. The average molecular weight is 354 g/mol. The summed E-state index contributed by atoms with van der Waals surface area (Å²) in [5.41, 5.74) is 6.54. The summed E-state index contributed by atoms with van der Waals surface area (Å²) < 4.78 is 0. The lowest BCUT2D eigenvalue weighted by molar-refractivity contribution is -0.122. The minimum Gasteiger partial charge on any atom is -0.370 e. The molecule has 3 heterocycles. The molecule has 1 amide bonds. The molecule has 0 unspecified atom stereocenters. The van der Waals surface area contributed by atoms with Crippen LogP contribution in [0, 0.1) is 0 Å². The summed E-state index contributed by atoms with van der Waals surface area (Å²) in [4.78, 5) is 26.8. The van der Waals surface area contributed by atoms with Gasteiger partial charge in [0.05, 0.1) is 5.69 Å². The Morgan fingerprint density at radius 3 is 2.73 bits per heavy atom. The van der Waals surface area contributed by atoms with Crippen molar-refractivity contribution in [2.75, 3.05) is 24.5 Å². The number of hydrogen-bond donors (Lipinski definition) is 2. The second-order valence-corrected chi connectivity index (χ2v) is 7.10. The standard InChI is InChI=1S/C19H26N6O/c1-2-3-13-25-15-10-6-5-9-14(15)19(16(25)26)22-17(20)21-18(23-19)24-11-7-4-8-12-24/h5-6,9-10H,2-4,7-8,11-13H2,1H3,(H3,20,21,22,23)/t19-/m1/s1. The van der Waals surface area contributed by atoms with Crippen LogP contribution in [0.1, 0.15) is 44.6 Å². The van der Waals surface area contributed by atoms with E-state index in [9.17, 15) is 4.79 Å². The van der Waals surface area contributed by atoms with E-state index >= 15 is 0 Å². The molecule has 0 radical (unpaired) electrons. The van der Waals surface area contributed by atoms with Gasteiger partial charge in [-0.15, -0.1) is 0 Å². The fourth-order valence-corrected chi connectivity index (χ4v) is 3.95. The second-order valence-electron chi connectivity index (χ2n) is 7.10. The minimum absolute atomic E-state index is 0.105. The Hall–Kier alpha value is -2.57. The number of carbonyl (C=O) groups excluding carboxylic acids is 1. The molecule has 1 aromatic carbocycles. The largest absolute Gasteiger partial charge is 0.370 e. The summed E-state index contributed by atoms with van der Waals surface area (Å²) in [5.74, 6) is 0.810. The smallest absolute Gasteiger partial charge is 0.282 e. The molecule has 3 aliphatic heterocycles. The Kier molecular flexibility index (Phi) is 4.30. The number of piperidine rings is 1. The van der Waals surface area contributed by atoms with Crippen LogP contribution in [0.3, 0.4) is 0 Å². The van der Waals surface area contributed by atoms with E-state index in [4.69, 9.17) is 10.7 Å². The van der Waals surface area contributed by atoms with Crippen LogP contribution in [0.25, 0.3) is 0 Å². The van der Waals surface area contributed by atoms with Crippen molar-refractivity contribution in [1.82, 2.24) is 10.2 Å². The number of rotatable bonds is 3. The van der Waals surface area contributed by atoms with Crippen LogP contribution >= 0.6 is 0 Å². The molecular formula is C19H26N6O. The average Bonchev–Trinajstić information content (AvgIpc) is 2.89. The van der Waals surface area contributed by atoms with Crippen molar-refractivity contribution in [3.05, 3.63) is 29.8 Å². The zero-order valence-electron chi connectivity index (χ0n) is 15.2. The van der Waals surface area contributed by atoms with Crippen molar-refractivity contribution in [1.29, 1.82) is 0 Å². The van der Waals surface area contributed by atoms with Gasteiger partial charge in [-0.2, -0.15) is 0 Å². The monoisotopic (exact) mass is 354 g/mol. The number of hydrogen-bond acceptors (Lipinski definition) is 6. The third-order valence-corrected chi connectivity index (χ3v) is 5.29. The highest BCUT2D eigenvalue weighted by Crippen LogP contribution is 2.45. The quantitative estimate of drug-likeness (QED) is 0.866. The molecule has 26 heavy (non-hydrogen) atoms. The van der Waals surface area contributed by atoms with E-state index in [1.165, 1.54) is 6.42 Å². The number of nitrogens with zero attached hydrogens (tertiary/aromatic N) is 4. The van der Waals surface area contributed by atoms with Crippen molar-refractivity contribution in [2.24, 2.45) is 15.7 Å². The minimum atomic E-state index is -1.29. The molecule has 1 saturated heterocycles. The molecule has 1 fully saturated rings.